The summed E-state index contributed by atoms with van der Waals surface area (Å²) in [6.07, 6.45) is 0. The maximum absolute atomic E-state index is 6.59. The van der Waals surface area contributed by atoms with E-state index in [9.17, 15) is 0 Å². The summed E-state index contributed by atoms with van der Waals surface area (Å²) in [5, 5.41) is 2.24. The molecule has 0 unspecified atom stereocenters. The summed E-state index contributed by atoms with van der Waals surface area (Å²) in [5.74, 6) is 0. The van der Waals surface area contributed by atoms with Gasteiger partial charge in [0.05, 0.1) is 5.41 Å². The Morgan fingerprint density at radius 2 is 0.725 bits per heavy atom. The quantitative estimate of drug-likeness (QED) is 0.144. The van der Waals surface area contributed by atoms with E-state index in [4.69, 9.17) is 4.42 Å². The molecule has 0 saturated carbocycles. The second kappa shape index (κ2) is 16.7. The van der Waals surface area contributed by atoms with E-state index in [-0.39, 0.29) is 0 Å². The van der Waals surface area contributed by atoms with Gasteiger partial charge in [0.2, 0.25) is 0 Å². The van der Waals surface area contributed by atoms with Gasteiger partial charge in [-0.3, -0.25) is 0 Å². The summed E-state index contributed by atoms with van der Waals surface area (Å²) in [6, 6.07) is 99.2. The van der Waals surface area contributed by atoms with Crippen molar-refractivity contribution >= 4 is 39.0 Å². The molecular weight excluding hydrogens is 835 g/mol. The van der Waals surface area contributed by atoms with E-state index in [0.29, 0.717) is 0 Å². The van der Waals surface area contributed by atoms with Gasteiger partial charge in [-0.15, -0.1) is 0 Å². The zero-order chi connectivity index (χ0) is 45.7. The lowest BCUT2D eigenvalue weighted by Crippen LogP contribution is -2.28. The van der Waals surface area contributed by atoms with Crippen molar-refractivity contribution in [3.63, 3.8) is 0 Å². The van der Waals surface area contributed by atoms with Crippen molar-refractivity contribution in [3.05, 3.63) is 295 Å². The van der Waals surface area contributed by atoms with Gasteiger partial charge in [-0.05, 0) is 115 Å². The van der Waals surface area contributed by atoms with Crippen LogP contribution < -0.4 is 4.90 Å². The Morgan fingerprint density at radius 3 is 1.41 bits per heavy atom. The number of para-hydroxylation sites is 2. The molecule has 0 saturated heterocycles. The van der Waals surface area contributed by atoms with Crippen LogP contribution in [0.25, 0.3) is 77.6 Å². The molecule has 1 aliphatic carbocycles. The molecule has 11 aromatic carbocycles. The first-order valence-electron chi connectivity index (χ1n) is 23.7. The molecule has 1 aromatic heterocycles. The first-order chi connectivity index (χ1) is 34.2. The van der Waals surface area contributed by atoms with Crippen LogP contribution in [-0.4, -0.2) is 0 Å². The molecule has 1 aliphatic rings. The lowest BCUT2D eigenvalue weighted by atomic mass is 9.67. The Kier molecular flexibility index (Phi) is 9.77. The van der Waals surface area contributed by atoms with Crippen molar-refractivity contribution in [2.45, 2.75) is 5.41 Å². The number of hydrogen-bond acceptors (Lipinski definition) is 2. The van der Waals surface area contributed by atoms with Crippen LogP contribution in [0.5, 0.6) is 0 Å². The van der Waals surface area contributed by atoms with E-state index >= 15 is 0 Å². The highest BCUT2D eigenvalue weighted by Gasteiger charge is 2.46. The summed E-state index contributed by atoms with van der Waals surface area (Å²) in [5.41, 5.74) is 21.3. The molecule has 0 radical (unpaired) electrons. The summed E-state index contributed by atoms with van der Waals surface area (Å²) < 4.78 is 6.59. The van der Waals surface area contributed by atoms with Crippen LogP contribution in [0.15, 0.2) is 277 Å². The van der Waals surface area contributed by atoms with Gasteiger partial charge in [0, 0.05) is 33.4 Å². The van der Waals surface area contributed by atoms with Crippen LogP contribution in [0.2, 0.25) is 0 Å². The summed E-state index contributed by atoms with van der Waals surface area (Å²) >= 11 is 0. The molecule has 0 N–H and O–H groups in total. The summed E-state index contributed by atoms with van der Waals surface area (Å²) in [7, 11) is 0. The molecule has 12 aromatic rings. The van der Waals surface area contributed by atoms with Gasteiger partial charge in [-0.2, -0.15) is 0 Å². The molecule has 69 heavy (non-hydrogen) atoms. The van der Waals surface area contributed by atoms with Gasteiger partial charge in [-0.25, -0.2) is 0 Å². The number of benzene rings is 11. The molecule has 0 spiro atoms. The number of nitrogens with zero attached hydrogens (tertiary/aromatic N) is 1. The van der Waals surface area contributed by atoms with E-state index in [1.165, 1.54) is 50.1 Å². The Hall–Kier alpha value is -8.98. The second-order valence-corrected chi connectivity index (χ2v) is 18.0. The Morgan fingerprint density at radius 1 is 0.290 bits per heavy atom. The van der Waals surface area contributed by atoms with Crippen molar-refractivity contribution in [2.24, 2.45) is 0 Å². The van der Waals surface area contributed by atoms with Crippen LogP contribution in [0.3, 0.4) is 0 Å². The number of furan rings is 1. The molecular formula is C67H45NO. The maximum atomic E-state index is 6.59. The largest absolute Gasteiger partial charge is 0.455 e. The van der Waals surface area contributed by atoms with Crippen molar-refractivity contribution < 1.29 is 4.42 Å². The zero-order valence-corrected chi connectivity index (χ0v) is 37.8. The standard InChI is InChI=1S/C67H45NO/c1-4-19-46(20-5-1)47-39-41-48(42-40-47)49-21-14-28-54(43-49)68(56-30-16-23-51(45-56)58-34-17-35-60-59-31-11-13-38-64(59)69-66(58)60)55-29-15-22-50(44-55)57-33-18-37-63-65(57)61-32-10-12-36-62(61)67(63,52-24-6-2-7-25-52)53-26-8-3-9-27-53/h1-45H. The number of hydrogen-bond donors (Lipinski definition) is 0. The van der Waals surface area contributed by atoms with E-state index in [1.807, 2.05) is 6.07 Å². The maximum Gasteiger partial charge on any atom is 0.143 e. The zero-order valence-electron chi connectivity index (χ0n) is 37.8. The van der Waals surface area contributed by atoms with Gasteiger partial charge in [0.1, 0.15) is 11.2 Å². The predicted octanol–water partition coefficient (Wildman–Crippen LogP) is 18.1. The van der Waals surface area contributed by atoms with Gasteiger partial charge in [-0.1, -0.05) is 231 Å². The average Bonchev–Trinajstić information content (AvgIpc) is 3.96. The molecule has 0 atom stereocenters. The molecule has 1 heterocycles. The average molecular weight is 880 g/mol. The molecule has 0 amide bonds. The van der Waals surface area contributed by atoms with Gasteiger partial charge < -0.3 is 9.32 Å². The third-order valence-corrected chi connectivity index (χ3v) is 14.1. The first kappa shape index (κ1) is 40.3. The molecule has 2 nitrogen and oxygen atoms in total. The minimum atomic E-state index is -0.489. The molecule has 2 heteroatoms. The normalized spacial score (nSPS) is 12.5. The minimum Gasteiger partial charge on any atom is -0.455 e. The van der Waals surface area contributed by atoms with E-state index in [1.54, 1.807) is 0 Å². The highest BCUT2D eigenvalue weighted by molar-refractivity contribution is 6.09. The summed E-state index contributed by atoms with van der Waals surface area (Å²) in [6.45, 7) is 0. The third kappa shape index (κ3) is 6.72. The fraction of sp³-hybridized carbons (Fsp3) is 0.0149. The van der Waals surface area contributed by atoms with Gasteiger partial charge in [0.25, 0.3) is 0 Å². The highest BCUT2D eigenvalue weighted by atomic mass is 16.3. The SMILES string of the molecule is c1ccc(-c2ccc(-c3cccc(N(c4cccc(-c5cccc6c5-c5ccccc5C6(c5ccccc5)c5ccccc5)c4)c4cccc(-c5cccc6c5oc5ccccc56)c4)c3)cc2)cc1. The van der Waals surface area contributed by atoms with E-state index < -0.39 is 5.41 Å². The minimum absolute atomic E-state index is 0.489. The first-order valence-corrected chi connectivity index (χ1v) is 23.7. The molecule has 0 fully saturated rings. The number of anilines is 3. The Balaban J connectivity index is 0.985. The lowest BCUT2D eigenvalue weighted by molar-refractivity contribution is 0.670. The third-order valence-electron chi connectivity index (χ3n) is 14.1. The monoisotopic (exact) mass is 879 g/mol. The predicted molar refractivity (Wildman–Crippen MR) is 287 cm³/mol. The second-order valence-electron chi connectivity index (χ2n) is 18.0. The fourth-order valence-corrected chi connectivity index (χ4v) is 11.1. The van der Waals surface area contributed by atoms with Crippen molar-refractivity contribution in [2.75, 3.05) is 4.90 Å². The molecule has 0 aliphatic heterocycles. The number of rotatable bonds is 9. The van der Waals surface area contributed by atoms with Gasteiger partial charge >= 0.3 is 0 Å². The Bertz CT molecular complexity index is 3790. The molecule has 0 bridgehead atoms. The van der Waals surface area contributed by atoms with Crippen molar-refractivity contribution in [3.8, 4) is 55.6 Å². The molecule has 13 rings (SSSR count). The van der Waals surface area contributed by atoms with Crippen molar-refractivity contribution in [1.29, 1.82) is 0 Å². The lowest BCUT2D eigenvalue weighted by Gasteiger charge is -2.34. The van der Waals surface area contributed by atoms with Crippen LogP contribution in [0.4, 0.5) is 17.1 Å². The van der Waals surface area contributed by atoms with E-state index in [0.717, 1.165) is 66.8 Å². The van der Waals surface area contributed by atoms with Crippen LogP contribution >= 0.6 is 0 Å². The Labute approximate surface area is 402 Å². The topological polar surface area (TPSA) is 16.4 Å². The van der Waals surface area contributed by atoms with Crippen molar-refractivity contribution in [1.82, 2.24) is 0 Å². The smallest absolute Gasteiger partial charge is 0.143 e. The van der Waals surface area contributed by atoms with Crippen LogP contribution in [-0.2, 0) is 5.41 Å². The molecule has 324 valence electrons. The van der Waals surface area contributed by atoms with E-state index in [2.05, 4.69) is 272 Å². The van der Waals surface area contributed by atoms with Gasteiger partial charge in [0.15, 0.2) is 0 Å². The number of fused-ring (bicyclic) bond motifs is 6. The fourth-order valence-electron chi connectivity index (χ4n) is 11.1. The highest BCUT2D eigenvalue weighted by Crippen LogP contribution is 2.58. The van der Waals surface area contributed by atoms with Crippen LogP contribution in [0.1, 0.15) is 22.3 Å². The van der Waals surface area contributed by atoms with Crippen LogP contribution in [0, 0.1) is 0 Å². The summed E-state index contributed by atoms with van der Waals surface area (Å²) in [4.78, 5) is 2.41.